The zero-order valence-corrected chi connectivity index (χ0v) is 11.3. The van der Waals surface area contributed by atoms with E-state index >= 15 is 0 Å². The lowest BCUT2D eigenvalue weighted by molar-refractivity contribution is -0.385. The van der Waals surface area contributed by atoms with Crippen LogP contribution in [0.25, 0.3) is 0 Å². The third-order valence-corrected chi connectivity index (χ3v) is 2.81. The number of nitro groups is 1. The highest BCUT2D eigenvalue weighted by Crippen LogP contribution is 2.19. The molecule has 8 nitrogen and oxygen atoms in total. The van der Waals surface area contributed by atoms with Gasteiger partial charge >= 0.3 is 0 Å². The number of amides is 1. The summed E-state index contributed by atoms with van der Waals surface area (Å²) in [5, 5.41) is 13.6. The fraction of sp³-hybridized carbons (Fsp3) is 0.231. The number of nitrogens with zero attached hydrogens (tertiary/aromatic N) is 2. The molecule has 0 aromatic carbocycles. The minimum atomic E-state index is -0.668. The smallest absolute Gasteiger partial charge is 0.300 e. The van der Waals surface area contributed by atoms with E-state index in [1.165, 1.54) is 12.3 Å². The van der Waals surface area contributed by atoms with Crippen LogP contribution >= 0.6 is 0 Å². The molecule has 21 heavy (non-hydrogen) atoms. The van der Waals surface area contributed by atoms with Gasteiger partial charge in [0.25, 0.3) is 11.6 Å². The number of nitrogens with two attached hydrogens (primary N) is 1. The Kier molecular flexibility index (Phi) is 4.17. The van der Waals surface area contributed by atoms with Crippen molar-refractivity contribution in [2.45, 2.75) is 19.4 Å². The average molecular weight is 290 g/mol. The van der Waals surface area contributed by atoms with E-state index in [2.05, 4.69) is 10.3 Å². The van der Waals surface area contributed by atoms with Crippen LogP contribution < -0.4 is 11.1 Å². The second-order valence-electron chi connectivity index (χ2n) is 4.54. The zero-order chi connectivity index (χ0) is 15.4. The van der Waals surface area contributed by atoms with Crippen LogP contribution in [-0.4, -0.2) is 21.9 Å². The normalized spacial score (nSPS) is 11.9. The van der Waals surface area contributed by atoms with E-state index in [0.717, 1.165) is 6.20 Å². The number of anilines is 1. The Hall–Kier alpha value is -2.90. The van der Waals surface area contributed by atoms with E-state index in [1.54, 1.807) is 19.1 Å². The van der Waals surface area contributed by atoms with Crippen LogP contribution in [0.2, 0.25) is 0 Å². The topological polar surface area (TPSA) is 124 Å². The van der Waals surface area contributed by atoms with E-state index in [1.807, 2.05) is 0 Å². The van der Waals surface area contributed by atoms with Gasteiger partial charge in [-0.05, 0) is 25.1 Å². The van der Waals surface area contributed by atoms with Crippen molar-refractivity contribution >= 4 is 17.4 Å². The standard InChI is InChI=1S/C13H14N4O4/c1-8(5-9-3-2-4-21-9)16-13(18)10-6-12(14)15-7-11(10)17(19)20/h2-4,6-8H,5H2,1H3,(H2,14,15)(H,16,18). The first-order valence-corrected chi connectivity index (χ1v) is 6.20. The minimum Gasteiger partial charge on any atom is -0.469 e. The molecule has 0 radical (unpaired) electrons. The number of furan rings is 1. The van der Waals surface area contributed by atoms with Gasteiger partial charge in [-0.3, -0.25) is 14.9 Å². The van der Waals surface area contributed by atoms with Gasteiger partial charge in [0.05, 0.1) is 11.2 Å². The van der Waals surface area contributed by atoms with Crippen LogP contribution in [0.1, 0.15) is 23.0 Å². The van der Waals surface area contributed by atoms with Crippen molar-refractivity contribution in [1.29, 1.82) is 0 Å². The third-order valence-electron chi connectivity index (χ3n) is 2.81. The van der Waals surface area contributed by atoms with Crippen LogP contribution in [0, 0.1) is 10.1 Å². The molecule has 1 atom stereocenters. The van der Waals surface area contributed by atoms with Crippen molar-refractivity contribution in [3.8, 4) is 0 Å². The number of pyridine rings is 1. The van der Waals surface area contributed by atoms with Gasteiger partial charge in [0.15, 0.2) is 0 Å². The molecule has 0 aliphatic heterocycles. The molecule has 8 heteroatoms. The molecule has 0 spiro atoms. The lowest BCUT2D eigenvalue weighted by atomic mass is 10.1. The van der Waals surface area contributed by atoms with Crippen LogP contribution in [-0.2, 0) is 6.42 Å². The quantitative estimate of drug-likeness (QED) is 0.635. The Morgan fingerprint density at radius 3 is 3.00 bits per heavy atom. The van der Waals surface area contributed by atoms with Gasteiger partial charge in [0, 0.05) is 12.5 Å². The predicted molar refractivity (Wildman–Crippen MR) is 74.6 cm³/mol. The Morgan fingerprint density at radius 1 is 1.62 bits per heavy atom. The van der Waals surface area contributed by atoms with Crippen molar-refractivity contribution in [1.82, 2.24) is 10.3 Å². The summed E-state index contributed by atoms with van der Waals surface area (Å²) in [6, 6.07) is 4.47. The van der Waals surface area contributed by atoms with Crippen molar-refractivity contribution in [3.05, 3.63) is 52.1 Å². The summed E-state index contributed by atoms with van der Waals surface area (Å²) in [6.45, 7) is 1.77. The van der Waals surface area contributed by atoms with Gasteiger partial charge in [0.2, 0.25) is 0 Å². The summed E-state index contributed by atoms with van der Waals surface area (Å²) in [5.41, 5.74) is 4.98. The molecule has 1 amide bonds. The monoisotopic (exact) mass is 290 g/mol. The Balaban J connectivity index is 2.12. The molecule has 0 saturated carbocycles. The van der Waals surface area contributed by atoms with Gasteiger partial charge in [-0.25, -0.2) is 4.98 Å². The molecule has 0 aliphatic carbocycles. The van der Waals surface area contributed by atoms with Gasteiger partial charge < -0.3 is 15.5 Å². The van der Waals surface area contributed by atoms with Crippen LogP contribution in [0.5, 0.6) is 0 Å². The first-order chi connectivity index (χ1) is 9.97. The SMILES string of the molecule is CC(Cc1ccco1)NC(=O)c1cc(N)ncc1[N+](=O)[O-]. The maximum atomic E-state index is 12.1. The van der Waals surface area contributed by atoms with Crippen LogP contribution in [0.15, 0.2) is 35.1 Å². The van der Waals surface area contributed by atoms with E-state index in [9.17, 15) is 14.9 Å². The van der Waals surface area contributed by atoms with Gasteiger partial charge in [-0.2, -0.15) is 0 Å². The van der Waals surface area contributed by atoms with Crippen molar-refractivity contribution in [3.63, 3.8) is 0 Å². The van der Waals surface area contributed by atoms with E-state index < -0.39 is 10.8 Å². The maximum Gasteiger partial charge on any atom is 0.300 e. The van der Waals surface area contributed by atoms with Crippen molar-refractivity contribution in [2.24, 2.45) is 0 Å². The molecule has 0 bridgehead atoms. The van der Waals surface area contributed by atoms with E-state index in [0.29, 0.717) is 12.2 Å². The number of carbonyl (C=O) groups excluding carboxylic acids is 1. The highest BCUT2D eigenvalue weighted by Gasteiger charge is 2.22. The number of nitrogens with one attached hydrogen (secondary N) is 1. The Morgan fingerprint density at radius 2 is 2.38 bits per heavy atom. The van der Waals surface area contributed by atoms with Crippen LogP contribution in [0.4, 0.5) is 11.5 Å². The summed E-state index contributed by atoms with van der Waals surface area (Å²) >= 11 is 0. The molecule has 3 N–H and O–H groups in total. The van der Waals surface area contributed by atoms with Gasteiger partial charge in [-0.1, -0.05) is 0 Å². The molecule has 0 fully saturated rings. The first-order valence-electron chi connectivity index (χ1n) is 6.20. The molecule has 0 saturated heterocycles. The number of hydrogen-bond donors (Lipinski definition) is 2. The summed E-state index contributed by atoms with van der Waals surface area (Å²) in [7, 11) is 0. The number of aromatic nitrogens is 1. The summed E-state index contributed by atoms with van der Waals surface area (Å²) < 4.78 is 5.18. The summed E-state index contributed by atoms with van der Waals surface area (Å²) in [5.74, 6) is 0.186. The Bertz CT molecular complexity index is 654. The summed E-state index contributed by atoms with van der Waals surface area (Å²) in [4.78, 5) is 26.0. The molecule has 110 valence electrons. The minimum absolute atomic E-state index is 0.0458. The molecular weight excluding hydrogens is 276 g/mol. The molecule has 2 heterocycles. The fourth-order valence-corrected chi connectivity index (χ4v) is 1.87. The van der Waals surface area contributed by atoms with Crippen LogP contribution in [0.3, 0.4) is 0 Å². The maximum absolute atomic E-state index is 12.1. The van der Waals surface area contributed by atoms with Crippen molar-refractivity contribution < 1.29 is 14.1 Å². The largest absolute Gasteiger partial charge is 0.469 e. The first kappa shape index (κ1) is 14.5. The van der Waals surface area contributed by atoms with E-state index in [-0.39, 0.29) is 23.1 Å². The molecule has 1 unspecified atom stereocenters. The molecule has 2 aromatic rings. The molecule has 0 aliphatic rings. The molecular formula is C13H14N4O4. The van der Waals surface area contributed by atoms with E-state index in [4.69, 9.17) is 10.2 Å². The third kappa shape index (κ3) is 3.56. The Labute approximate surface area is 120 Å². The molecule has 2 rings (SSSR count). The zero-order valence-electron chi connectivity index (χ0n) is 11.3. The molecule has 2 aromatic heterocycles. The lowest BCUT2D eigenvalue weighted by Gasteiger charge is -2.12. The average Bonchev–Trinajstić information content (AvgIpc) is 2.90. The summed E-state index contributed by atoms with van der Waals surface area (Å²) in [6.07, 6.45) is 2.99. The van der Waals surface area contributed by atoms with Gasteiger partial charge in [0.1, 0.15) is 23.3 Å². The van der Waals surface area contributed by atoms with Gasteiger partial charge in [-0.15, -0.1) is 0 Å². The lowest BCUT2D eigenvalue weighted by Crippen LogP contribution is -2.34. The second-order valence-corrected chi connectivity index (χ2v) is 4.54. The van der Waals surface area contributed by atoms with Crippen molar-refractivity contribution in [2.75, 3.05) is 5.73 Å². The highest BCUT2D eigenvalue weighted by atomic mass is 16.6. The fourth-order valence-electron chi connectivity index (χ4n) is 1.87. The highest BCUT2D eigenvalue weighted by molar-refractivity contribution is 5.98. The number of hydrogen-bond acceptors (Lipinski definition) is 6. The number of rotatable bonds is 5. The number of carbonyl (C=O) groups is 1. The number of nitrogen functional groups attached to an aromatic ring is 1. The predicted octanol–water partition coefficient (Wildman–Crippen LogP) is 1.53. The second kappa shape index (κ2) is 6.04.